The Morgan fingerprint density at radius 1 is 1.00 bits per heavy atom. The number of hydrogen-bond donors (Lipinski definition) is 1. The van der Waals surface area contributed by atoms with Crippen LogP contribution in [0.4, 0.5) is 18.9 Å². The summed E-state index contributed by atoms with van der Waals surface area (Å²) in [6, 6.07) is 6.25. The fourth-order valence-electron chi connectivity index (χ4n) is 5.83. The molecule has 11 heteroatoms. The summed E-state index contributed by atoms with van der Waals surface area (Å²) in [4.78, 5) is 31.9. The number of carbonyl (C=O) groups excluding carboxylic acids is 2. The van der Waals surface area contributed by atoms with Crippen LogP contribution in [0.5, 0.6) is 0 Å². The molecule has 2 amide bonds. The first-order valence-corrected chi connectivity index (χ1v) is 13.2. The molecule has 38 heavy (non-hydrogen) atoms. The summed E-state index contributed by atoms with van der Waals surface area (Å²) in [7, 11) is 0. The highest BCUT2D eigenvalue weighted by Gasteiger charge is 2.55. The summed E-state index contributed by atoms with van der Waals surface area (Å²) in [5.41, 5.74) is 2.78. The standard InChI is InChI=1S/C27H34F3N5O3/c1-18-5-3-7-21(19(18)2)32-13-15-33(16-14-32)23(36)17-35-22-8-4-6-20(22)24(31-35)25(37)34-11-9-26(38,10-12-34)27(28,29)30/h3,5,7,38H,4,6,8-17H2,1-2H3. The molecule has 3 heterocycles. The molecule has 1 N–H and O–H groups in total. The van der Waals surface area contributed by atoms with Crippen molar-refractivity contribution in [2.75, 3.05) is 44.2 Å². The molecule has 0 bridgehead atoms. The maximum atomic E-state index is 13.2. The molecule has 2 aromatic rings. The number of halogens is 3. The molecule has 1 aromatic heterocycles. The molecule has 0 spiro atoms. The van der Waals surface area contributed by atoms with Crippen LogP contribution >= 0.6 is 0 Å². The molecule has 206 valence electrons. The Morgan fingerprint density at radius 3 is 2.34 bits per heavy atom. The monoisotopic (exact) mass is 533 g/mol. The van der Waals surface area contributed by atoms with E-state index >= 15 is 0 Å². The number of nitrogens with zero attached hydrogens (tertiary/aromatic N) is 5. The number of aliphatic hydroxyl groups is 1. The quantitative estimate of drug-likeness (QED) is 0.654. The van der Waals surface area contributed by atoms with E-state index in [0.29, 0.717) is 25.9 Å². The first kappa shape index (κ1) is 26.5. The molecule has 0 saturated carbocycles. The van der Waals surface area contributed by atoms with Crippen LogP contribution in [0.2, 0.25) is 0 Å². The smallest absolute Gasteiger partial charge is 0.380 e. The van der Waals surface area contributed by atoms with Crippen LogP contribution in [0.25, 0.3) is 0 Å². The van der Waals surface area contributed by atoms with Gasteiger partial charge in [-0.1, -0.05) is 12.1 Å². The SMILES string of the molecule is Cc1cccc(N2CCN(C(=O)Cn3nc(C(=O)N4CCC(O)(C(F)(F)F)CC4)c4c3CCC4)CC2)c1C. The highest BCUT2D eigenvalue weighted by molar-refractivity contribution is 5.94. The lowest BCUT2D eigenvalue weighted by Crippen LogP contribution is -2.54. The van der Waals surface area contributed by atoms with Gasteiger partial charge in [-0.3, -0.25) is 14.3 Å². The summed E-state index contributed by atoms with van der Waals surface area (Å²) >= 11 is 0. The van der Waals surface area contributed by atoms with Crippen LogP contribution in [0.15, 0.2) is 18.2 Å². The van der Waals surface area contributed by atoms with Crippen LogP contribution in [-0.4, -0.2) is 87.5 Å². The summed E-state index contributed by atoms with van der Waals surface area (Å²) in [5, 5.41) is 14.4. The Hall–Kier alpha value is -3.08. The number of piperazine rings is 1. The van der Waals surface area contributed by atoms with Gasteiger partial charge < -0.3 is 19.8 Å². The maximum absolute atomic E-state index is 13.2. The highest BCUT2D eigenvalue weighted by atomic mass is 19.4. The Balaban J connectivity index is 1.23. The molecule has 2 aliphatic heterocycles. The molecule has 8 nitrogen and oxygen atoms in total. The van der Waals surface area contributed by atoms with Crippen molar-refractivity contribution < 1.29 is 27.9 Å². The number of piperidine rings is 1. The molecule has 2 fully saturated rings. The van der Waals surface area contributed by atoms with Gasteiger partial charge in [-0.25, -0.2) is 0 Å². The number of rotatable bonds is 4. The number of amides is 2. The minimum Gasteiger partial charge on any atom is -0.380 e. The summed E-state index contributed by atoms with van der Waals surface area (Å²) in [6.07, 6.45) is -3.65. The average Bonchev–Trinajstić information content (AvgIpc) is 3.49. The summed E-state index contributed by atoms with van der Waals surface area (Å²) < 4.78 is 41.1. The number of aromatic nitrogens is 2. The molecule has 0 radical (unpaired) electrons. The van der Waals surface area contributed by atoms with Crippen molar-refractivity contribution in [2.45, 2.75) is 64.3 Å². The van der Waals surface area contributed by atoms with Crippen molar-refractivity contribution >= 4 is 17.5 Å². The third-order valence-corrected chi connectivity index (χ3v) is 8.45. The van der Waals surface area contributed by atoms with E-state index in [4.69, 9.17) is 0 Å². The molecule has 3 aliphatic rings. The van der Waals surface area contributed by atoms with Gasteiger partial charge in [-0.2, -0.15) is 18.3 Å². The van der Waals surface area contributed by atoms with Crippen LogP contribution < -0.4 is 4.90 Å². The Labute approximate surface area is 220 Å². The zero-order chi connectivity index (χ0) is 27.2. The second kappa shape index (κ2) is 9.91. The van der Waals surface area contributed by atoms with Crippen molar-refractivity contribution in [3.8, 4) is 0 Å². The van der Waals surface area contributed by atoms with Gasteiger partial charge in [0, 0.05) is 69.1 Å². The van der Waals surface area contributed by atoms with E-state index in [1.165, 1.54) is 21.7 Å². The molecule has 2 saturated heterocycles. The summed E-state index contributed by atoms with van der Waals surface area (Å²) in [6.45, 7) is 6.50. The van der Waals surface area contributed by atoms with Crippen LogP contribution in [0.1, 0.15) is 52.1 Å². The van der Waals surface area contributed by atoms with Crippen LogP contribution in [0.3, 0.4) is 0 Å². The lowest BCUT2D eigenvalue weighted by molar-refractivity contribution is -0.271. The fourth-order valence-corrected chi connectivity index (χ4v) is 5.83. The van der Waals surface area contributed by atoms with E-state index in [0.717, 1.165) is 30.8 Å². The molecular weight excluding hydrogens is 499 g/mol. The van der Waals surface area contributed by atoms with Gasteiger partial charge in [0.1, 0.15) is 6.54 Å². The van der Waals surface area contributed by atoms with E-state index in [1.807, 2.05) is 11.0 Å². The van der Waals surface area contributed by atoms with Crippen molar-refractivity contribution in [1.82, 2.24) is 19.6 Å². The zero-order valence-corrected chi connectivity index (χ0v) is 21.9. The normalized spacial score (nSPS) is 19.6. The molecular formula is C27H34F3N5O3. The fraction of sp³-hybridized carbons (Fsp3) is 0.593. The van der Waals surface area contributed by atoms with Gasteiger partial charge in [-0.05, 0) is 50.3 Å². The van der Waals surface area contributed by atoms with Gasteiger partial charge in [0.15, 0.2) is 11.3 Å². The van der Waals surface area contributed by atoms with E-state index < -0.39 is 30.5 Å². The van der Waals surface area contributed by atoms with Gasteiger partial charge in [0.05, 0.1) is 0 Å². The molecule has 1 aliphatic carbocycles. The molecule has 0 atom stereocenters. The van der Waals surface area contributed by atoms with Gasteiger partial charge in [0.2, 0.25) is 5.91 Å². The minimum atomic E-state index is -4.73. The zero-order valence-electron chi connectivity index (χ0n) is 21.9. The molecule has 5 rings (SSSR count). The van der Waals surface area contributed by atoms with Gasteiger partial charge in [0.25, 0.3) is 5.91 Å². The number of anilines is 1. The van der Waals surface area contributed by atoms with Crippen molar-refractivity contribution in [1.29, 1.82) is 0 Å². The Bertz CT molecular complexity index is 1230. The van der Waals surface area contributed by atoms with Crippen molar-refractivity contribution in [3.63, 3.8) is 0 Å². The summed E-state index contributed by atoms with van der Waals surface area (Å²) in [5.74, 6) is -0.490. The van der Waals surface area contributed by atoms with E-state index in [-0.39, 0.29) is 31.2 Å². The van der Waals surface area contributed by atoms with E-state index in [9.17, 15) is 27.9 Å². The lowest BCUT2D eigenvalue weighted by Gasteiger charge is -2.38. The highest BCUT2D eigenvalue weighted by Crippen LogP contribution is 2.39. The maximum Gasteiger partial charge on any atom is 0.417 e. The molecule has 0 unspecified atom stereocenters. The number of alkyl halides is 3. The Morgan fingerprint density at radius 2 is 1.68 bits per heavy atom. The number of hydrogen-bond acceptors (Lipinski definition) is 5. The predicted octanol–water partition coefficient (Wildman–Crippen LogP) is 2.87. The van der Waals surface area contributed by atoms with Crippen LogP contribution in [-0.2, 0) is 24.2 Å². The van der Waals surface area contributed by atoms with Crippen molar-refractivity contribution in [2.24, 2.45) is 0 Å². The second-order valence-electron chi connectivity index (χ2n) is 10.7. The van der Waals surface area contributed by atoms with Crippen molar-refractivity contribution in [3.05, 3.63) is 46.3 Å². The second-order valence-corrected chi connectivity index (χ2v) is 10.7. The minimum absolute atomic E-state index is 0.0346. The van der Waals surface area contributed by atoms with Crippen LogP contribution in [0, 0.1) is 13.8 Å². The first-order chi connectivity index (χ1) is 18.0. The number of carbonyl (C=O) groups is 2. The molecule has 1 aromatic carbocycles. The average molecular weight is 534 g/mol. The van der Waals surface area contributed by atoms with E-state index in [1.54, 1.807) is 4.68 Å². The van der Waals surface area contributed by atoms with Gasteiger partial charge in [-0.15, -0.1) is 0 Å². The Kier molecular flexibility index (Phi) is 6.91. The third kappa shape index (κ3) is 4.76. The largest absolute Gasteiger partial charge is 0.417 e. The number of aryl methyl sites for hydroxylation is 1. The number of benzene rings is 1. The lowest BCUT2D eigenvalue weighted by atomic mass is 9.90. The topological polar surface area (TPSA) is 81.9 Å². The van der Waals surface area contributed by atoms with Gasteiger partial charge >= 0.3 is 6.18 Å². The first-order valence-electron chi connectivity index (χ1n) is 13.2. The number of fused-ring (bicyclic) bond motifs is 1. The predicted molar refractivity (Wildman–Crippen MR) is 135 cm³/mol. The number of likely N-dealkylation sites (tertiary alicyclic amines) is 1. The van der Waals surface area contributed by atoms with E-state index in [2.05, 4.69) is 36.0 Å². The third-order valence-electron chi connectivity index (χ3n) is 8.45.